The molecule has 0 saturated heterocycles. The summed E-state index contributed by atoms with van der Waals surface area (Å²) in [7, 11) is -1.64. The van der Waals surface area contributed by atoms with Crippen molar-refractivity contribution in [2.45, 2.75) is 20.5 Å². The minimum Gasteiger partial charge on any atom is -0.497 e. The van der Waals surface area contributed by atoms with Crippen molar-refractivity contribution in [3.63, 3.8) is 0 Å². The number of hydrogen-bond acceptors (Lipinski definition) is 4. The van der Waals surface area contributed by atoms with E-state index in [9.17, 15) is 8.96 Å². The summed E-state index contributed by atoms with van der Waals surface area (Å²) in [5.74, 6) is -0.0202. The van der Waals surface area contributed by atoms with E-state index in [-0.39, 0.29) is 12.8 Å². The van der Waals surface area contributed by atoms with Crippen LogP contribution in [0.15, 0.2) is 18.2 Å². The second kappa shape index (κ2) is 6.88. The van der Waals surface area contributed by atoms with Gasteiger partial charge in [0.2, 0.25) is 0 Å². The van der Waals surface area contributed by atoms with E-state index in [1.54, 1.807) is 26.0 Å². The molecule has 1 atom stereocenters. The molecule has 0 radical (unpaired) electrons. The van der Waals surface area contributed by atoms with Crippen LogP contribution in [0.5, 0.6) is 5.75 Å². The van der Waals surface area contributed by atoms with Crippen LogP contribution in [-0.2, 0) is 20.2 Å². The normalized spacial score (nSPS) is 14.2. The van der Waals surface area contributed by atoms with Gasteiger partial charge in [0.05, 0.1) is 20.3 Å². The maximum Gasteiger partial charge on any atom is 0.330 e. The predicted octanol–water partition coefficient (Wildman–Crippen LogP) is 3.60. The Balaban J connectivity index is 2.71. The van der Waals surface area contributed by atoms with Gasteiger partial charge in [-0.25, -0.2) is 4.39 Å². The number of methoxy groups -OCH3 is 1. The summed E-state index contributed by atoms with van der Waals surface area (Å²) in [5, 5.41) is 0. The lowest BCUT2D eigenvalue weighted by Gasteiger charge is -2.16. The maximum absolute atomic E-state index is 13.6. The fourth-order valence-corrected chi connectivity index (χ4v) is 2.53. The van der Waals surface area contributed by atoms with Gasteiger partial charge in [0.15, 0.2) is 0 Å². The van der Waals surface area contributed by atoms with Crippen molar-refractivity contribution in [2.24, 2.45) is 0 Å². The van der Waals surface area contributed by atoms with Crippen LogP contribution in [0.25, 0.3) is 0 Å². The van der Waals surface area contributed by atoms with Crippen molar-refractivity contribution in [1.29, 1.82) is 0 Å². The second-order valence-electron chi connectivity index (χ2n) is 3.58. The molecular weight excluding hydrogens is 258 g/mol. The van der Waals surface area contributed by atoms with Gasteiger partial charge in [-0.1, -0.05) is 13.0 Å². The van der Waals surface area contributed by atoms with E-state index in [1.807, 2.05) is 0 Å². The topological polar surface area (TPSA) is 44.8 Å². The molecule has 1 rings (SSSR count). The lowest BCUT2D eigenvalue weighted by molar-refractivity contribution is 0.203. The fourth-order valence-electron chi connectivity index (χ4n) is 1.36. The summed E-state index contributed by atoms with van der Waals surface area (Å²) in [5.41, 5.74) is 0.323. The van der Waals surface area contributed by atoms with Gasteiger partial charge in [-0.05, 0) is 13.0 Å². The molecule has 0 spiro atoms. The maximum atomic E-state index is 13.6. The van der Waals surface area contributed by atoms with Gasteiger partial charge in [-0.3, -0.25) is 4.57 Å². The van der Waals surface area contributed by atoms with Gasteiger partial charge in [0.1, 0.15) is 11.6 Å². The molecule has 4 nitrogen and oxygen atoms in total. The number of ether oxygens (including phenoxy) is 1. The Morgan fingerprint density at radius 1 is 1.28 bits per heavy atom. The Morgan fingerprint density at radius 2 is 2.00 bits per heavy atom. The van der Waals surface area contributed by atoms with Gasteiger partial charge < -0.3 is 13.8 Å². The Morgan fingerprint density at radius 3 is 2.50 bits per heavy atom. The van der Waals surface area contributed by atoms with Crippen LogP contribution in [0.4, 0.5) is 4.39 Å². The van der Waals surface area contributed by atoms with Crippen molar-refractivity contribution in [2.75, 3.05) is 19.9 Å². The summed E-state index contributed by atoms with van der Waals surface area (Å²) in [4.78, 5) is 0. The molecule has 0 aliphatic heterocycles. The molecule has 0 aliphatic carbocycles. The van der Waals surface area contributed by atoms with Gasteiger partial charge in [0.25, 0.3) is 0 Å². The first-order valence-electron chi connectivity index (χ1n) is 5.75. The van der Waals surface area contributed by atoms with Gasteiger partial charge >= 0.3 is 7.60 Å². The van der Waals surface area contributed by atoms with E-state index in [0.29, 0.717) is 17.9 Å². The first-order chi connectivity index (χ1) is 8.54. The van der Waals surface area contributed by atoms with Crippen LogP contribution in [0, 0.1) is 5.82 Å². The van der Waals surface area contributed by atoms with Crippen molar-refractivity contribution in [1.82, 2.24) is 0 Å². The Bertz CT molecular complexity index is 436. The molecule has 1 aromatic rings. The Kier molecular flexibility index (Phi) is 5.79. The number of halogens is 1. The zero-order chi connectivity index (χ0) is 13.6. The summed E-state index contributed by atoms with van der Waals surface area (Å²) in [6.07, 6.45) is 0.263. The molecule has 6 heteroatoms. The first-order valence-corrected chi connectivity index (χ1v) is 7.48. The van der Waals surface area contributed by atoms with Gasteiger partial charge in [-0.15, -0.1) is 0 Å². The molecule has 0 amide bonds. The highest BCUT2D eigenvalue weighted by molar-refractivity contribution is 7.53. The molecule has 0 fully saturated rings. The fraction of sp³-hybridized carbons (Fsp3) is 0.500. The molecule has 18 heavy (non-hydrogen) atoms. The van der Waals surface area contributed by atoms with Crippen molar-refractivity contribution < 1.29 is 22.7 Å². The van der Waals surface area contributed by atoms with E-state index in [1.165, 1.54) is 13.2 Å². The highest BCUT2D eigenvalue weighted by Crippen LogP contribution is 2.48. The van der Waals surface area contributed by atoms with E-state index < -0.39 is 13.4 Å². The Labute approximate surface area is 107 Å². The molecule has 0 bridgehead atoms. The second-order valence-corrected chi connectivity index (χ2v) is 5.95. The molecule has 0 aliphatic rings. The highest BCUT2D eigenvalue weighted by atomic mass is 31.2. The molecule has 0 aromatic heterocycles. The third kappa shape index (κ3) is 4.09. The van der Waals surface area contributed by atoms with Crippen LogP contribution in [0.2, 0.25) is 0 Å². The predicted molar refractivity (Wildman–Crippen MR) is 67.5 cm³/mol. The number of hydrogen-bond donors (Lipinski definition) is 0. The van der Waals surface area contributed by atoms with Crippen LogP contribution < -0.4 is 4.74 Å². The zero-order valence-corrected chi connectivity index (χ0v) is 11.7. The van der Waals surface area contributed by atoms with Crippen molar-refractivity contribution in [3.05, 3.63) is 29.6 Å². The molecular formula is C12H18FO4P. The standard InChI is InChI=1S/C12H18FO4P/c1-4-16-18(14,5-2)17-9-10-6-7-11(15-3)8-12(10)13/h6-8H,4-5,9H2,1-3H3. The van der Waals surface area contributed by atoms with Gasteiger partial charge in [0, 0.05) is 17.8 Å². The quantitative estimate of drug-likeness (QED) is 0.714. The lowest BCUT2D eigenvalue weighted by atomic mass is 10.2. The van der Waals surface area contributed by atoms with E-state index in [4.69, 9.17) is 13.8 Å². The smallest absolute Gasteiger partial charge is 0.330 e. The Hall–Kier alpha value is -0.900. The zero-order valence-electron chi connectivity index (χ0n) is 10.8. The lowest BCUT2D eigenvalue weighted by Crippen LogP contribution is -2.00. The average molecular weight is 276 g/mol. The molecule has 0 heterocycles. The first kappa shape index (κ1) is 15.2. The summed E-state index contributed by atoms with van der Waals surface area (Å²) >= 11 is 0. The monoisotopic (exact) mass is 276 g/mol. The molecule has 102 valence electrons. The molecule has 0 N–H and O–H groups in total. The third-order valence-electron chi connectivity index (χ3n) is 2.39. The summed E-state index contributed by atoms with van der Waals surface area (Å²) in [6, 6.07) is 4.43. The molecule has 0 saturated carbocycles. The third-order valence-corrected chi connectivity index (χ3v) is 4.34. The summed E-state index contributed by atoms with van der Waals surface area (Å²) < 4.78 is 40.8. The number of rotatable bonds is 7. The minimum atomic E-state index is -3.10. The molecule has 1 aromatic carbocycles. The SMILES string of the molecule is CCOP(=O)(CC)OCc1ccc(OC)cc1F. The highest BCUT2D eigenvalue weighted by Gasteiger charge is 2.21. The minimum absolute atomic E-state index is 0.0824. The van der Waals surface area contributed by atoms with Gasteiger partial charge in [-0.2, -0.15) is 0 Å². The average Bonchev–Trinajstić information content (AvgIpc) is 2.37. The van der Waals surface area contributed by atoms with Crippen LogP contribution in [0.1, 0.15) is 19.4 Å². The van der Waals surface area contributed by atoms with Crippen LogP contribution in [-0.4, -0.2) is 19.9 Å². The summed E-state index contributed by atoms with van der Waals surface area (Å²) in [6.45, 7) is 3.66. The van der Waals surface area contributed by atoms with E-state index in [0.717, 1.165) is 0 Å². The van der Waals surface area contributed by atoms with Crippen LogP contribution >= 0.6 is 7.60 Å². The number of benzene rings is 1. The largest absolute Gasteiger partial charge is 0.497 e. The molecule has 1 unspecified atom stereocenters. The van der Waals surface area contributed by atoms with E-state index >= 15 is 0 Å². The van der Waals surface area contributed by atoms with E-state index in [2.05, 4.69) is 0 Å². The van der Waals surface area contributed by atoms with Crippen molar-refractivity contribution >= 4 is 7.60 Å². The van der Waals surface area contributed by atoms with Crippen molar-refractivity contribution in [3.8, 4) is 5.75 Å². The van der Waals surface area contributed by atoms with Crippen LogP contribution in [0.3, 0.4) is 0 Å².